The van der Waals surface area contributed by atoms with E-state index in [-0.39, 0.29) is 17.6 Å². The fourth-order valence-corrected chi connectivity index (χ4v) is 2.38. The molecule has 0 radical (unpaired) electrons. The molecule has 0 saturated heterocycles. The molecule has 0 spiro atoms. The van der Waals surface area contributed by atoms with E-state index >= 15 is 0 Å². The Bertz CT molecular complexity index is 740. The Labute approximate surface area is 113 Å². The number of fused-ring (bicyclic) bond motifs is 2. The minimum Gasteiger partial charge on any atom is -0.268 e. The highest BCUT2D eigenvalue weighted by Crippen LogP contribution is 2.25. The lowest BCUT2D eigenvalue weighted by atomic mass is 10.1. The van der Waals surface area contributed by atoms with Crippen LogP contribution in [0.4, 0.5) is 0 Å². The Balaban J connectivity index is 1.82. The van der Waals surface area contributed by atoms with Gasteiger partial charge in [0, 0.05) is 0 Å². The monoisotopic (exact) mass is 265 g/mol. The molecule has 1 unspecified atom stereocenters. The van der Waals surface area contributed by atoms with E-state index in [0.717, 1.165) is 4.90 Å². The maximum atomic E-state index is 12.4. The van der Waals surface area contributed by atoms with Gasteiger partial charge in [0.1, 0.15) is 12.7 Å². The van der Waals surface area contributed by atoms with Crippen molar-refractivity contribution < 1.29 is 9.59 Å². The van der Waals surface area contributed by atoms with E-state index < -0.39 is 6.04 Å². The van der Waals surface area contributed by atoms with E-state index in [9.17, 15) is 9.59 Å². The number of benzene rings is 1. The molecule has 3 heterocycles. The number of aliphatic imine (C=N–C) groups is 4. The van der Waals surface area contributed by atoms with Gasteiger partial charge in [0.05, 0.1) is 11.1 Å². The summed E-state index contributed by atoms with van der Waals surface area (Å²) >= 11 is 0. The molecule has 7 nitrogen and oxygen atoms in total. The first-order chi connectivity index (χ1) is 9.77. The topological polar surface area (TPSA) is 86.8 Å². The number of imide groups is 1. The van der Waals surface area contributed by atoms with E-state index in [1.807, 2.05) is 0 Å². The van der Waals surface area contributed by atoms with Crippen LogP contribution in [0.25, 0.3) is 0 Å². The largest absolute Gasteiger partial charge is 0.268 e. The number of nitrogens with zero attached hydrogens (tertiary/aromatic N) is 5. The fraction of sp³-hybridized carbons (Fsp3) is 0.0769. The summed E-state index contributed by atoms with van der Waals surface area (Å²) in [4.78, 5) is 41.9. The molecule has 3 aliphatic rings. The third kappa shape index (κ3) is 1.28. The zero-order chi connectivity index (χ0) is 13.7. The summed E-state index contributed by atoms with van der Waals surface area (Å²) in [5.74, 6) is -0.0903. The van der Waals surface area contributed by atoms with Crippen molar-refractivity contribution in [1.82, 2.24) is 4.90 Å². The molecule has 2 amide bonds. The van der Waals surface area contributed by atoms with Gasteiger partial charge in [0.25, 0.3) is 11.8 Å². The summed E-state index contributed by atoms with van der Waals surface area (Å²) in [7, 11) is 0. The standard InChI is InChI=1S/C13H7N5O2/c19-12-7-3-1-2-4-8(7)13(20)18(12)11-9-10(15-5-14-9)16-6-17-11/h1-6,9H. The van der Waals surface area contributed by atoms with Crippen LogP contribution in [-0.4, -0.2) is 47.1 Å². The van der Waals surface area contributed by atoms with Gasteiger partial charge >= 0.3 is 0 Å². The van der Waals surface area contributed by atoms with Gasteiger partial charge in [-0.05, 0) is 12.1 Å². The Morgan fingerprint density at radius 2 is 1.65 bits per heavy atom. The second kappa shape index (κ2) is 3.77. The minimum absolute atomic E-state index is 0.249. The van der Waals surface area contributed by atoms with E-state index in [4.69, 9.17) is 0 Å². The molecule has 4 rings (SSSR count). The Morgan fingerprint density at radius 3 is 2.35 bits per heavy atom. The van der Waals surface area contributed by atoms with Crippen LogP contribution in [0.2, 0.25) is 0 Å². The SMILES string of the molecule is O=C1c2ccccc2C(=O)N1C1=NC=NC2=NC=NC21. The number of amidine groups is 2. The van der Waals surface area contributed by atoms with Crippen molar-refractivity contribution in [2.24, 2.45) is 20.0 Å². The molecule has 1 aromatic carbocycles. The molecular formula is C13H7N5O2. The maximum Gasteiger partial charge on any atom is 0.267 e. The van der Waals surface area contributed by atoms with Gasteiger partial charge < -0.3 is 0 Å². The van der Waals surface area contributed by atoms with Crippen LogP contribution in [0.5, 0.6) is 0 Å². The van der Waals surface area contributed by atoms with Crippen LogP contribution >= 0.6 is 0 Å². The third-order valence-corrected chi connectivity index (χ3v) is 3.30. The highest BCUT2D eigenvalue weighted by atomic mass is 16.2. The molecule has 0 fully saturated rings. The molecule has 0 bridgehead atoms. The second-order valence-electron chi connectivity index (χ2n) is 4.38. The molecule has 0 saturated carbocycles. The highest BCUT2D eigenvalue weighted by molar-refractivity contribution is 6.34. The van der Waals surface area contributed by atoms with Crippen molar-refractivity contribution in [3.8, 4) is 0 Å². The molecule has 1 aromatic rings. The number of hydrogen-bond donors (Lipinski definition) is 0. The van der Waals surface area contributed by atoms with Crippen LogP contribution in [0.15, 0.2) is 44.2 Å². The summed E-state index contributed by atoms with van der Waals surface area (Å²) in [6.45, 7) is 0. The first-order valence-electron chi connectivity index (χ1n) is 5.95. The molecule has 1 atom stereocenters. The first kappa shape index (κ1) is 10.9. The number of hydrogen-bond acceptors (Lipinski definition) is 6. The van der Waals surface area contributed by atoms with Crippen LogP contribution in [0.3, 0.4) is 0 Å². The van der Waals surface area contributed by atoms with Crippen molar-refractivity contribution >= 4 is 36.2 Å². The number of carbonyl (C=O) groups is 2. The normalized spacial score (nSPS) is 22.8. The second-order valence-corrected chi connectivity index (χ2v) is 4.38. The highest BCUT2D eigenvalue weighted by Gasteiger charge is 2.43. The van der Waals surface area contributed by atoms with Gasteiger partial charge in [-0.2, -0.15) is 0 Å². The van der Waals surface area contributed by atoms with Crippen LogP contribution < -0.4 is 0 Å². The lowest BCUT2D eigenvalue weighted by molar-refractivity contribution is 0.0746. The zero-order valence-electron chi connectivity index (χ0n) is 10.1. The van der Waals surface area contributed by atoms with Crippen molar-refractivity contribution in [3.05, 3.63) is 35.4 Å². The van der Waals surface area contributed by atoms with Crippen LogP contribution in [0.1, 0.15) is 20.7 Å². The molecule has 20 heavy (non-hydrogen) atoms. The first-order valence-corrected chi connectivity index (χ1v) is 5.95. The molecule has 0 aromatic heterocycles. The average Bonchev–Trinajstić information content (AvgIpc) is 3.04. The third-order valence-electron chi connectivity index (χ3n) is 3.30. The van der Waals surface area contributed by atoms with Crippen molar-refractivity contribution in [2.75, 3.05) is 0 Å². The number of carbonyl (C=O) groups excluding carboxylic acids is 2. The van der Waals surface area contributed by atoms with Crippen LogP contribution in [-0.2, 0) is 0 Å². The molecule has 7 heteroatoms. The van der Waals surface area contributed by atoms with Crippen molar-refractivity contribution in [3.63, 3.8) is 0 Å². The van der Waals surface area contributed by atoms with E-state index in [0.29, 0.717) is 17.0 Å². The molecule has 0 aliphatic carbocycles. The maximum absolute atomic E-state index is 12.4. The molecular weight excluding hydrogens is 258 g/mol. The van der Waals surface area contributed by atoms with E-state index in [1.165, 1.54) is 12.7 Å². The Hall–Kier alpha value is -2.96. The van der Waals surface area contributed by atoms with E-state index in [2.05, 4.69) is 20.0 Å². The van der Waals surface area contributed by atoms with Crippen LogP contribution in [0, 0.1) is 0 Å². The van der Waals surface area contributed by atoms with Gasteiger partial charge in [-0.25, -0.2) is 19.9 Å². The average molecular weight is 265 g/mol. The summed E-state index contributed by atoms with van der Waals surface area (Å²) in [6.07, 6.45) is 2.64. The molecule has 0 N–H and O–H groups in total. The van der Waals surface area contributed by atoms with Gasteiger partial charge in [-0.3, -0.25) is 14.6 Å². The zero-order valence-corrected chi connectivity index (χ0v) is 10.1. The summed E-state index contributed by atoms with van der Waals surface area (Å²) < 4.78 is 0. The van der Waals surface area contributed by atoms with E-state index in [1.54, 1.807) is 24.3 Å². The Morgan fingerprint density at radius 1 is 0.950 bits per heavy atom. The smallest absolute Gasteiger partial charge is 0.267 e. The summed E-state index contributed by atoms with van der Waals surface area (Å²) in [5.41, 5.74) is 0.756. The van der Waals surface area contributed by atoms with Gasteiger partial charge in [-0.15, -0.1) is 0 Å². The summed E-state index contributed by atoms with van der Waals surface area (Å²) in [6, 6.07) is 6.11. The molecule has 3 aliphatic heterocycles. The Kier molecular flexibility index (Phi) is 2.06. The lowest BCUT2D eigenvalue weighted by Gasteiger charge is -2.21. The minimum atomic E-state index is -0.581. The number of amides is 2. The van der Waals surface area contributed by atoms with Gasteiger partial charge in [0.15, 0.2) is 17.7 Å². The van der Waals surface area contributed by atoms with Crippen molar-refractivity contribution in [1.29, 1.82) is 0 Å². The predicted octanol–water partition coefficient (Wildman–Crippen LogP) is 0.532. The molecule has 96 valence electrons. The lowest BCUT2D eigenvalue weighted by Crippen LogP contribution is -2.45. The van der Waals surface area contributed by atoms with Gasteiger partial charge in [0.2, 0.25) is 0 Å². The fourth-order valence-electron chi connectivity index (χ4n) is 2.38. The number of rotatable bonds is 0. The summed E-state index contributed by atoms with van der Waals surface area (Å²) in [5, 5.41) is 0. The van der Waals surface area contributed by atoms with Crippen molar-refractivity contribution in [2.45, 2.75) is 6.04 Å². The quantitative estimate of drug-likeness (QED) is 0.641. The van der Waals surface area contributed by atoms with Gasteiger partial charge in [-0.1, -0.05) is 12.1 Å². The predicted molar refractivity (Wildman–Crippen MR) is 72.6 cm³/mol.